The van der Waals surface area contributed by atoms with Crippen LogP contribution in [0.25, 0.3) is 0 Å². The number of nitrogens with zero attached hydrogens (tertiary/aromatic N) is 1. The molecule has 19 heavy (non-hydrogen) atoms. The van der Waals surface area contributed by atoms with E-state index in [4.69, 9.17) is 0 Å². The summed E-state index contributed by atoms with van der Waals surface area (Å²) in [5.74, 6) is 3.80. The Morgan fingerprint density at radius 1 is 1.05 bits per heavy atom. The second-order valence-corrected chi connectivity index (χ2v) is 8.46. The number of aliphatic hydroxyl groups is 1. The fraction of sp³-hybridized carbons (Fsp3) is 1.00. The third-order valence-electron chi connectivity index (χ3n) is 6.54. The zero-order chi connectivity index (χ0) is 13.0. The van der Waals surface area contributed by atoms with Crippen LogP contribution in [0.15, 0.2) is 0 Å². The number of likely N-dealkylation sites (N-methyl/N-ethyl adjacent to an activating group) is 1. The molecule has 5 fully saturated rings. The van der Waals surface area contributed by atoms with E-state index in [0.717, 1.165) is 30.2 Å². The van der Waals surface area contributed by atoms with Crippen LogP contribution in [0.4, 0.5) is 0 Å². The fourth-order valence-electron chi connectivity index (χ4n) is 5.89. The molecule has 1 atom stereocenters. The van der Waals surface area contributed by atoms with Crippen molar-refractivity contribution in [3.05, 3.63) is 0 Å². The first-order chi connectivity index (χ1) is 9.13. The molecule has 5 aliphatic rings. The Morgan fingerprint density at radius 3 is 2.05 bits per heavy atom. The second-order valence-electron chi connectivity index (χ2n) is 8.46. The van der Waals surface area contributed by atoms with Gasteiger partial charge < -0.3 is 10.0 Å². The smallest absolute Gasteiger partial charge is 0.0723 e. The van der Waals surface area contributed by atoms with Gasteiger partial charge in [-0.2, -0.15) is 0 Å². The van der Waals surface area contributed by atoms with Crippen molar-refractivity contribution in [2.75, 3.05) is 20.1 Å². The SMILES string of the molecule is CN(CC1CC1)CC(O)C12CC3CC(CC(C3)C1)C2. The lowest BCUT2D eigenvalue weighted by atomic mass is 9.48. The van der Waals surface area contributed by atoms with Crippen LogP contribution in [0, 0.1) is 29.1 Å². The first kappa shape index (κ1) is 12.6. The zero-order valence-electron chi connectivity index (χ0n) is 12.4. The van der Waals surface area contributed by atoms with Crippen molar-refractivity contribution in [1.82, 2.24) is 4.90 Å². The number of hydrogen-bond donors (Lipinski definition) is 1. The minimum absolute atomic E-state index is 0.0651. The van der Waals surface area contributed by atoms with E-state index in [0.29, 0.717) is 5.41 Å². The van der Waals surface area contributed by atoms with E-state index >= 15 is 0 Å². The van der Waals surface area contributed by atoms with Gasteiger partial charge in [-0.1, -0.05) is 0 Å². The van der Waals surface area contributed by atoms with Gasteiger partial charge in [-0.3, -0.25) is 0 Å². The molecule has 2 heteroatoms. The van der Waals surface area contributed by atoms with Crippen LogP contribution in [0.3, 0.4) is 0 Å². The Kier molecular flexibility index (Phi) is 2.97. The van der Waals surface area contributed by atoms with Crippen molar-refractivity contribution >= 4 is 0 Å². The maximum absolute atomic E-state index is 10.9. The largest absolute Gasteiger partial charge is 0.391 e. The van der Waals surface area contributed by atoms with E-state index in [1.807, 2.05) is 0 Å². The standard InChI is InChI=1S/C17H29NO/c1-18(10-12-2-3-12)11-16(19)17-7-13-4-14(8-17)6-15(5-13)9-17/h12-16,19H,2-11H2,1H3. The van der Waals surface area contributed by atoms with Crippen molar-refractivity contribution in [3.63, 3.8) is 0 Å². The minimum atomic E-state index is -0.0651. The third-order valence-corrected chi connectivity index (χ3v) is 6.54. The summed E-state index contributed by atoms with van der Waals surface area (Å²) in [5, 5.41) is 10.9. The molecule has 2 nitrogen and oxygen atoms in total. The lowest BCUT2D eigenvalue weighted by Gasteiger charge is -2.58. The van der Waals surface area contributed by atoms with Gasteiger partial charge in [-0.15, -0.1) is 0 Å². The summed E-state index contributed by atoms with van der Waals surface area (Å²) in [5.41, 5.74) is 0.312. The first-order valence-corrected chi connectivity index (χ1v) is 8.49. The first-order valence-electron chi connectivity index (χ1n) is 8.49. The molecule has 0 aromatic rings. The summed E-state index contributed by atoms with van der Waals surface area (Å²) in [6, 6.07) is 0. The summed E-state index contributed by atoms with van der Waals surface area (Å²) >= 11 is 0. The number of rotatable bonds is 5. The fourth-order valence-corrected chi connectivity index (χ4v) is 5.89. The van der Waals surface area contributed by atoms with E-state index in [9.17, 15) is 5.11 Å². The number of hydrogen-bond acceptors (Lipinski definition) is 2. The predicted octanol–water partition coefficient (Wildman–Crippen LogP) is 2.91. The van der Waals surface area contributed by atoms with Crippen molar-refractivity contribution in [2.24, 2.45) is 29.1 Å². The molecule has 5 aliphatic carbocycles. The Balaban J connectivity index is 1.42. The van der Waals surface area contributed by atoms with Gasteiger partial charge >= 0.3 is 0 Å². The van der Waals surface area contributed by atoms with Crippen LogP contribution in [0.2, 0.25) is 0 Å². The van der Waals surface area contributed by atoms with Gasteiger partial charge in [0, 0.05) is 13.1 Å². The highest BCUT2D eigenvalue weighted by Gasteiger charge is 2.53. The molecule has 0 amide bonds. The van der Waals surface area contributed by atoms with Crippen molar-refractivity contribution < 1.29 is 5.11 Å². The van der Waals surface area contributed by atoms with E-state index in [2.05, 4.69) is 11.9 Å². The molecule has 0 aromatic carbocycles. The molecular formula is C17H29NO. The topological polar surface area (TPSA) is 23.5 Å². The Labute approximate surface area is 117 Å². The van der Waals surface area contributed by atoms with Gasteiger partial charge in [0.2, 0.25) is 0 Å². The van der Waals surface area contributed by atoms with Gasteiger partial charge in [-0.05, 0) is 87.5 Å². The molecule has 0 aliphatic heterocycles. The lowest BCUT2D eigenvalue weighted by Crippen LogP contribution is -2.54. The van der Waals surface area contributed by atoms with Gasteiger partial charge in [-0.25, -0.2) is 0 Å². The molecule has 0 radical (unpaired) electrons. The Hall–Kier alpha value is -0.0800. The molecule has 0 spiro atoms. The minimum Gasteiger partial charge on any atom is -0.391 e. The quantitative estimate of drug-likeness (QED) is 0.824. The average Bonchev–Trinajstić information content (AvgIpc) is 3.10. The average molecular weight is 263 g/mol. The molecular weight excluding hydrogens is 234 g/mol. The van der Waals surface area contributed by atoms with E-state index < -0.39 is 0 Å². The van der Waals surface area contributed by atoms with Gasteiger partial charge in [0.05, 0.1) is 6.10 Å². The monoisotopic (exact) mass is 263 g/mol. The van der Waals surface area contributed by atoms with Gasteiger partial charge in [0.15, 0.2) is 0 Å². The van der Waals surface area contributed by atoms with Crippen LogP contribution in [0.5, 0.6) is 0 Å². The molecule has 108 valence electrons. The van der Waals surface area contributed by atoms with Gasteiger partial charge in [0.25, 0.3) is 0 Å². The maximum atomic E-state index is 10.9. The second kappa shape index (κ2) is 4.46. The maximum Gasteiger partial charge on any atom is 0.0723 e. The van der Waals surface area contributed by atoms with E-state index in [1.54, 1.807) is 0 Å². The summed E-state index contributed by atoms with van der Waals surface area (Å²) in [6.45, 7) is 2.13. The Morgan fingerprint density at radius 2 is 1.58 bits per heavy atom. The summed E-state index contributed by atoms with van der Waals surface area (Å²) in [7, 11) is 2.21. The normalized spacial score (nSPS) is 45.9. The van der Waals surface area contributed by atoms with Crippen molar-refractivity contribution in [2.45, 2.75) is 57.5 Å². The molecule has 4 bridgehead atoms. The van der Waals surface area contributed by atoms with Crippen LogP contribution < -0.4 is 0 Å². The van der Waals surface area contributed by atoms with E-state index in [-0.39, 0.29) is 6.10 Å². The highest BCUT2D eigenvalue weighted by Crippen LogP contribution is 2.61. The van der Waals surface area contributed by atoms with Crippen LogP contribution in [-0.2, 0) is 0 Å². The highest BCUT2D eigenvalue weighted by molar-refractivity contribution is 5.04. The molecule has 5 saturated carbocycles. The van der Waals surface area contributed by atoms with Crippen LogP contribution >= 0.6 is 0 Å². The highest BCUT2D eigenvalue weighted by atomic mass is 16.3. The van der Waals surface area contributed by atoms with Crippen molar-refractivity contribution in [3.8, 4) is 0 Å². The molecule has 5 rings (SSSR count). The molecule has 1 N–H and O–H groups in total. The van der Waals surface area contributed by atoms with Crippen LogP contribution in [0.1, 0.15) is 51.4 Å². The molecule has 0 heterocycles. The third kappa shape index (κ3) is 2.35. The van der Waals surface area contributed by atoms with Crippen LogP contribution in [-0.4, -0.2) is 36.2 Å². The predicted molar refractivity (Wildman–Crippen MR) is 76.8 cm³/mol. The summed E-state index contributed by atoms with van der Waals surface area (Å²) in [4.78, 5) is 2.40. The zero-order valence-corrected chi connectivity index (χ0v) is 12.4. The molecule has 0 saturated heterocycles. The molecule has 1 unspecified atom stereocenters. The van der Waals surface area contributed by atoms with Crippen molar-refractivity contribution in [1.29, 1.82) is 0 Å². The van der Waals surface area contributed by atoms with Gasteiger partial charge in [0.1, 0.15) is 0 Å². The molecule has 0 aromatic heterocycles. The summed E-state index contributed by atoms with van der Waals surface area (Å²) in [6.07, 6.45) is 11.2. The van der Waals surface area contributed by atoms with E-state index in [1.165, 1.54) is 57.9 Å². The number of aliphatic hydroxyl groups excluding tert-OH is 1. The summed E-state index contributed by atoms with van der Waals surface area (Å²) < 4.78 is 0. The Bertz CT molecular complexity index is 314. The lowest BCUT2D eigenvalue weighted by molar-refractivity contribution is -0.125.